The standard InChI is InChI=1S/C41H40N2O6S4.Na/c1-2-31(29-40-42(23-9-25-52(44,45)46)36-21-19-34(27-38(36)50-40)17-15-32-11-5-3-6-12-32)30-41-43(24-10-26-53(47,48)49)37-22-20-35(28-39(37)51-41)18-16-33-13-7-4-8-14-33;/h3-8,11-22,27-30H,2,9-10,23-26H2,1H3,(H-,44,45,46,47,48,49);/q;+1/p-1. The van der Waals surface area contributed by atoms with Gasteiger partial charge in [-0.2, -0.15) is 4.57 Å². The van der Waals surface area contributed by atoms with E-state index in [1.54, 1.807) is 23.1 Å². The zero-order valence-corrected chi connectivity index (χ0v) is 35.4. The third-order valence-electron chi connectivity index (χ3n) is 8.62. The number of hydrogen-bond acceptors (Lipinski definition) is 9. The molecule has 0 unspecified atom stereocenters. The molecule has 274 valence electrons. The number of benzene rings is 4. The van der Waals surface area contributed by atoms with E-state index < -0.39 is 31.7 Å². The van der Waals surface area contributed by atoms with E-state index in [9.17, 15) is 25.9 Å². The number of aromatic nitrogens is 1. The van der Waals surface area contributed by atoms with Gasteiger partial charge in [0.25, 0.3) is 5.01 Å². The fourth-order valence-electron chi connectivity index (χ4n) is 6.00. The van der Waals surface area contributed by atoms with Gasteiger partial charge in [-0.15, -0.1) is 0 Å². The van der Waals surface area contributed by atoms with Gasteiger partial charge in [0.05, 0.1) is 31.0 Å². The maximum atomic E-state index is 11.5. The van der Waals surface area contributed by atoms with Crippen molar-refractivity contribution in [2.45, 2.75) is 37.6 Å². The molecule has 1 aromatic heterocycles. The van der Waals surface area contributed by atoms with Crippen LogP contribution < -0.4 is 39.0 Å². The third kappa shape index (κ3) is 11.8. The average molecular weight is 807 g/mol. The third-order valence-corrected chi connectivity index (χ3v) is 12.4. The molecule has 8 nitrogen and oxygen atoms in total. The smallest absolute Gasteiger partial charge is 0.748 e. The van der Waals surface area contributed by atoms with Crippen LogP contribution in [0.5, 0.6) is 0 Å². The second kappa shape index (κ2) is 19.0. The fraction of sp³-hybridized carbons (Fsp3) is 0.195. The predicted octanol–water partition coefficient (Wildman–Crippen LogP) is 5.65. The first-order valence-electron chi connectivity index (χ1n) is 17.3. The van der Waals surface area contributed by atoms with E-state index in [4.69, 9.17) is 0 Å². The van der Waals surface area contributed by atoms with Crippen LogP contribution in [0.15, 0.2) is 119 Å². The largest absolute Gasteiger partial charge is 1.00 e. The number of rotatable bonds is 15. The van der Waals surface area contributed by atoms with Crippen molar-refractivity contribution in [2.75, 3.05) is 23.0 Å². The number of aryl methyl sites for hydroxylation is 1. The molecule has 13 heteroatoms. The molecule has 54 heavy (non-hydrogen) atoms. The van der Waals surface area contributed by atoms with E-state index in [-0.39, 0.29) is 42.4 Å². The molecule has 0 bridgehead atoms. The monoisotopic (exact) mass is 806 g/mol. The SMILES string of the molecule is CCC(=Cc1sc2cc(C=Cc3ccccc3)ccc2[n+]1CCCS(=O)(=O)[O-])C=C1Sc2cc(C=Cc3ccccc3)ccc2N1CCCS(=O)(=O)[O-].[Na+]. The maximum absolute atomic E-state index is 11.5. The first-order valence-corrected chi connectivity index (χ1v) is 22.0. The molecular weight excluding hydrogens is 768 g/mol. The second-order valence-corrected chi connectivity index (χ2v) is 17.7. The molecule has 1 aliphatic rings. The summed E-state index contributed by atoms with van der Waals surface area (Å²) in [6.07, 6.45) is 13.5. The predicted molar refractivity (Wildman–Crippen MR) is 217 cm³/mol. The molecule has 2 heterocycles. The van der Waals surface area contributed by atoms with Gasteiger partial charge < -0.3 is 14.0 Å². The Labute approximate surface area is 348 Å². The van der Waals surface area contributed by atoms with Crippen LogP contribution in [-0.4, -0.2) is 44.0 Å². The Balaban J connectivity index is 0.00000561. The Bertz CT molecular complexity index is 2430. The Kier molecular flexibility index (Phi) is 14.8. The molecule has 0 radical (unpaired) electrons. The van der Waals surface area contributed by atoms with Crippen molar-refractivity contribution >= 4 is 89.6 Å². The van der Waals surface area contributed by atoms with E-state index in [1.165, 1.54) is 0 Å². The summed E-state index contributed by atoms with van der Waals surface area (Å²) >= 11 is 3.19. The van der Waals surface area contributed by atoms with E-state index in [0.29, 0.717) is 19.5 Å². The summed E-state index contributed by atoms with van der Waals surface area (Å²) in [5.74, 6) is -0.900. The van der Waals surface area contributed by atoms with Crippen LogP contribution in [0.3, 0.4) is 0 Å². The minimum Gasteiger partial charge on any atom is -0.748 e. The molecule has 0 fully saturated rings. The van der Waals surface area contributed by atoms with Gasteiger partial charge >= 0.3 is 29.6 Å². The zero-order chi connectivity index (χ0) is 37.4. The van der Waals surface area contributed by atoms with Crippen molar-refractivity contribution in [3.05, 3.63) is 141 Å². The number of thioether (sulfide) groups is 1. The first-order chi connectivity index (χ1) is 25.4. The average Bonchev–Trinajstić information content (AvgIpc) is 3.65. The fourth-order valence-corrected chi connectivity index (χ4v) is 9.39. The van der Waals surface area contributed by atoms with Gasteiger partial charge in [-0.1, -0.05) is 121 Å². The summed E-state index contributed by atoms with van der Waals surface area (Å²) in [5, 5.41) is 1.83. The summed E-state index contributed by atoms with van der Waals surface area (Å²) < 4.78 is 72.0. The van der Waals surface area contributed by atoms with Gasteiger partial charge in [0.15, 0.2) is 6.54 Å². The summed E-state index contributed by atoms with van der Waals surface area (Å²) in [4.78, 5) is 3.10. The number of fused-ring (bicyclic) bond motifs is 2. The maximum Gasteiger partial charge on any atom is 1.00 e. The van der Waals surface area contributed by atoms with Crippen molar-refractivity contribution in [1.29, 1.82) is 0 Å². The van der Waals surface area contributed by atoms with Crippen LogP contribution in [0.1, 0.15) is 53.4 Å². The molecule has 0 N–H and O–H groups in total. The molecule has 0 spiro atoms. The van der Waals surface area contributed by atoms with Crippen LogP contribution in [0.2, 0.25) is 0 Å². The normalized spacial score (nSPS) is 14.4. The van der Waals surface area contributed by atoms with Crippen LogP contribution in [0.25, 0.3) is 40.6 Å². The molecule has 4 aromatic carbocycles. The molecule has 0 saturated carbocycles. The molecule has 5 aromatic rings. The van der Waals surface area contributed by atoms with Gasteiger partial charge in [0.2, 0.25) is 5.52 Å². The summed E-state index contributed by atoms with van der Waals surface area (Å²) in [6.45, 7) is 2.77. The van der Waals surface area contributed by atoms with E-state index in [0.717, 1.165) is 58.7 Å². The molecule has 6 rings (SSSR count). The molecule has 0 aliphatic carbocycles. The summed E-state index contributed by atoms with van der Waals surface area (Å²) in [5.41, 5.74) is 7.14. The van der Waals surface area contributed by atoms with E-state index >= 15 is 0 Å². The van der Waals surface area contributed by atoms with E-state index in [1.807, 2.05) is 84.9 Å². The minimum absolute atomic E-state index is 0. The van der Waals surface area contributed by atoms with Crippen molar-refractivity contribution in [1.82, 2.24) is 0 Å². The van der Waals surface area contributed by atoms with E-state index in [2.05, 4.69) is 65.0 Å². The number of allylic oxidation sites excluding steroid dienone is 2. The number of anilines is 1. The number of thiazole rings is 1. The Hall–Kier alpha value is -3.30. The van der Waals surface area contributed by atoms with Crippen LogP contribution >= 0.6 is 23.1 Å². The van der Waals surface area contributed by atoms with Gasteiger partial charge in [-0.25, -0.2) is 16.8 Å². The molecular formula is C41H39N2NaO6S4. The molecule has 1 aliphatic heterocycles. The van der Waals surface area contributed by atoms with Crippen molar-refractivity contribution < 1.29 is 60.1 Å². The quantitative estimate of drug-likeness (QED) is 0.0577. The van der Waals surface area contributed by atoms with Gasteiger partial charge in [0, 0.05) is 41.5 Å². The summed E-state index contributed by atoms with van der Waals surface area (Å²) in [7, 11) is -8.72. The topological polar surface area (TPSA) is 122 Å². The first kappa shape index (κ1) is 41.9. The second-order valence-electron chi connectivity index (χ2n) is 12.6. The van der Waals surface area contributed by atoms with Crippen LogP contribution in [0.4, 0.5) is 5.69 Å². The zero-order valence-electron chi connectivity index (χ0n) is 30.1. The Morgan fingerprint density at radius 1 is 0.741 bits per heavy atom. The van der Waals surface area contributed by atoms with Crippen LogP contribution in [-0.2, 0) is 26.8 Å². The van der Waals surface area contributed by atoms with Gasteiger partial charge in [-0.3, -0.25) is 0 Å². The minimum atomic E-state index is -4.36. The molecule has 0 amide bonds. The van der Waals surface area contributed by atoms with Crippen molar-refractivity contribution in [3.8, 4) is 0 Å². The number of hydrogen-bond donors (Lipinski definition) is 0. The van der Waals surface area contributed by atoms with Gasteiger partial charge in [-0.05, 0) is 71.0 Å². The Morgan fingerprint density at radius 2 is 1.31 bits per heavy atom. The van der Waals surface area contributed by atoms with Crippen molar-refractivity contribution in [2.24, 2.45) is 0 Å². The molecule has 0 atom stereocenters. The summed E-state index contributed by atoms with van der Waals surface area (Å²) in [6, 6.07) is 32.4. The van der Waals surface area contributed by atoms with Crippen molar-refractivity contribution in [3.63, 3.8) is 0 Å². The Morgan fingerprint density at radius 3 is 1.93 bits per heavy atom. The van der Waals surface area contributed by atoms with Crippen LogP contribution in [0, 0.1) is 0 Å². The van der Waals surface area contributed by atoms with Gasteiger partial charge in [0.1, 0.15) is 4.70 Å². The number of nitrogens with zero attached hydrogens (tertiary/aromatic N) is 2. The molecule has 0 saturated heterocycles.